The van der Waals surface area contributed by atoms with Gasteiger partial charge in [0, 0.05) is 24.3 Å². The third kappa shape index (κ3) is 4.18. The Hall–Kier alpha value is -3.38. The summed E-state index contributed by atoms with van der Waals surface area (Å²) >= 11 is 1.65. The van der Waals surface area contributed by atoms with Crippen molar-refractivity contribution in [1.82, 2.24) is 4.98 Å². The highest BCUT2D eigenvalue weighted by Gasteiger charge is 2.28. The van der Waals surface area contributed by atoms with Crippen LogP contribution in [0.2, 0.25) is 0 Å². The van der Waals surface area contributed by atoms with Gasteiger partial charge in [-0.25, -0.2) is 4.98 Å². The van der Waals surface area contributed by atoms with Gasteiger partial charge in [-0.3, -0.25) is 4.79 Å². The van der Waals surface area contributed by atoms with Gasteiger partial charge in [0.25, 0.3) is 0 Å². The Balaban J connectivity index is 1.33. The number of hydrogen-bond donors (Lipinski definition) is 1. The molecule has 1 unspecified atom stereocenters. The minimum atomic E-state index is -0.0749. The van der Waals surface area contributed by atoms with E-state index >= 15 is 0 Å². The van der Waals surface area contributed by atoms with E-state index in [1.54, 1.807) is 18.4 Å². The molecule has 0 saturated carbocycles. The highest BCUT2D eigenvalue weighted by Crippen LogP contribution is 2.34. The second kappa shape index (κ2) is 9.01. The number of para-hydroxylation sites is 1. The summed E-state index contributed by atoms with van der Waals surface area (Å²) in [4.78, 5) is 20.3. The second-order valence-corrected chi connectivity index (χ2v) is 9.03. The standard InChI is InChI=1S/C26H25N3O2S/c1-31-20-13-14-23-24(16-20)32-26(28-23)29-15-7-10-19(17-29)25(30)27-22-12-6-5-11-21(22)18-8-3-2-4-9-18/h2-6,8-9,11-14,16,19H,7,10,15,17H2,1H3,(H,27,30). The van der Waals surface area contributed by atoms with Crippen molar-refractivity contribution in [3.05, 3.63) is 72.8 Å². The van der Waals surface area contributed by atoms with Gasteiger partial charge in [-0.05, 0) is 42.7 Å². The molecule has 1 fully saturated rings. The Morgan fingerprint density at radius 3 is 2.75 bits per heavy atom. The molecule has 0 bridgehead atoms. The summed E-state index contributed by atoms with van der Waals surface area (Å²) in [6.45, 7) is 1.59. The molecule has 1 aromatic heterocycles. The van der Waals surface area contributed by atoms with E-state index in [9.17, 15) is 4.79 Å². The molecule has 1 atom stereocenters. The van der Waals surface area contributed by atoms with E-state index in [-0.39, 0.29) is 11.8 Å². The van der Waals surface area contributed by atoms with Crippen molar-refractivity contribution in [2.45, 2.75) is 12.8 Å². The number of aromatic nitrogens is 1. The quantitative estimate of drug-likeness (QED) is 0.422. The van der Waals surface area contributed by atoms with Crippen molar-refractivity contribution >= 4 is 38.3 Å². The molecule has 1 N–H and O–H groups in total. The SMILES string of the molecule is COc1ccc2nc(N3CCCC(C(=O)Nc4ccccc4-c4ccccc4)C3)sc2c1. The summed E-state index contributed by atoms with van der Waals surface area (Å²) in [6.07, 6.45) is 1.85. The molecule has 1 saturated heterocycles. The van der Waals surface area contributed by atoms with Crippen molar-refractivity contribution in [3.8, 4) is 16.9 Å². The molecular formula is C26H25N3O2S. The maximum Gasteiger partial charge on any atom is 0.229 e. The first-order valence-corrected chi connectivity index (χ1v) is 11.7. The maximum absolute atomic E-state index is 13.2. The van der Waals surface area contributed by atoms with Crippen molar-refractivity contribution in [3.63, 3.8) is 0 Å². The Morgan fingerprint density at radius 2 is 1.91 bits per heavy atom. The first kappa shape index (κ1) is 20.5. The number of carbonyl (C=O) groups is 1. The predicted octanol–water partition coefficient (Wildman–Crippen LogP) is 5.83. The first-order chi connectivity index (χ1) is 15.7. The summed E-state index contributed by atoms with van der Waals surface area (Å²) < 4.78 is 6.44. The highest BCUT2D eigenvalue weighted by molar-refractivity contribution is 7.22. The van der Waals surface area contributed by atoms with Gasteiger partial charge in [0.05, 0.1) is 23.2 Å². The van der Waals surface area contributed by atoms with E-state index in [2.05, 4.69) is 22.3 Å². The topological polar surface area (TPSA) is 54.5 Å². The van der Waals surface area contributed by atoms with Crippen LogP contribution in [0.5, 0.6) is 5.75 Å². The molecule has 0 aliphatic carbocycles. The molecule has 0 radical (unpaired) electrons. The Bertz CT molecular complexity index is 1240. The fraction of sp³-hybridized carbons (Fsp3) is 0.231. The van der Waals surface area contributed by atoms with Gasteiger partial charge in [0.15, 0.2) is 5.13 Å². The van der Waals surface area contributed by atoms with Gasteiger partial charge in [-0.2, -0.15) is 0 Å². The number of ether oxygens (including phenoxy) is 1. The van der Waals surface area contributed by atoms with Crippen LogP contribution in [0.15, 0.2) is 72.8 Å². The molecular weight excluding hydrogens is 418 g/mol. The average molecular weight is 444 g/mol. The molecule has 1 aliphatic rings. The van der Waals surface area contributed by atoms with Gasteiger partial charge < -0.3 is 15.0 Å². The summed E-state index contributed by atoms with van der Waals surface area (Å²) in [5.74, 6) is 0.829. The molecule has 5 nitrogen and oxygen atoms in total. The van der Waals surface area contributed by atoms with E-state index in [0.717, 1.165) is 57.3 Å². The molecule has 2 heterocycles. The van der Waals surface area contributed by atoms with Crippen LogP contribution in [0.4, 0.5) is 10.8 Å². The lowest BCUT2D eigenvalue weighted by atomic mass is 9.96. The van der Waals surface area contributed by atoms with E-state index in [1.165, 1.54) is 0 Å². The Morgan fingerprint density at radius 1 is 1.09 bits per heavy atom. The summed E-state index contributed by atoms with van der Waals surface area (Å²) in [5.41, 5.74) is 3.95. The Kier molecular flexibility index (Phi) is 5.77. The molecule has 162 valence electrons. The zero-order valence-corrected chi connectivity index (χ0v) is 18.8. The smallest absolute Gasteiger partial charge is 0.229 e. The van der Waals surface area contributed by atoms with E-state index in [1.807, 2.05) is 60.7 Å². The lowest BCUT2D eigenvalue weighted by molar-refractivity contribution is -0.120. The van der Waals surface area contributed by atoms with E-state index in [0.29, 0.717) is 6.54 Å². The monoisotopic (exact) mass is 443 g/mol. The number of methoxy groups -OCH3 is 1. The number of nitrogens with zero attached hydrogens (tertiary/aromatic N) is 2. The van der Waals surface area contributed by atoms with Crippen LogP contribution in [0.3, 0.4) is 0 Å². The van der Waals surface area contributed by atoms with Crippen LogP contribution in [0.25, 0.3) is 21.3 Å². The third-order valence-corrected chi connectivity index (χ3v) is 7.00. The van der Waals surface area contributed by atoms with E-state index < -0.39 is 0 Å². The number of hydrogen-bond acceptors (Lipinski definition) is 5. The number of fused-ring (bicyclic) bond motifs is 1. The number of carbonyl (C=O) groups excluding carboxylic acids is 1. The normalized spacial score (nSPS) is 16.2. The fourth-order valence-corrected chi connectivity index (χ4v) is 5.25. The Labute approximate surface area is 191 Å². The van der Waals surface area contributed by atoms with Gasteiger partial charge in [-0.1, -0.05) is 59.9 Å². The zero-order valence-electron chi connectivity index (χ0n) is 18.0. The molecule has 6 heteroatoms. The number of anilines is 2. The maximum atomic E-state index is 13.2. The van der Waals surface area contributed by atoms with Crippen LogP contribution >= 0.6 is 11.3 Å². The molecule has 5 rings (SSSR count). The number of piperidine rings is 1. The van der Waals surface area contributed by atoms with E-state index in [4.69, 9.17) is 9.72 Å². The lowest BCUT2D eigenvalue weighted by Gasteiger charge is -2.31. The van der Waals surface area contributed by atoms with Crippen LogP contribution in [0.1, 0.15) is 12.8 Å². The minimum Gasteiger partial charge on any atom is -0.497 e. The lowest BCUT2D eigenvalue weighted by Crippen LogP contribution is -2.40. The van der Waals surface area contributed by atoms with Crippen LogP contribution in [-0.4, -0.2) is 31.1 Å². The third-order valence-electron chi connectivity index (χ3n) is 5.92. The molecule has 1 amide bonds. The largest absolute Gasteiger partial charge is 0.497 e. The molecule has 32 heavy (non-hydrogen) atoms. The van der Waals surface area contributed by atoms with Gasteiger partial charge in [0.1, 0.15) is 5.75 Å². The van der Waals surface area contributed by atoms with Crippen molar-refractivity contribution in [2.75, 3.05) is 30.4 Å². The summed E-state index contributed by atoms with van der Waals surface area (Å²) in [5, 5.41) is 4.16. The fourth-order valence-electron chi connectivity index (χ4n) is 4.22. The first-order valence-electron chi connectivity index (χ1n) is 10.9. The van der Waals surface area contributed by atoms with Gasteiger partial charge in [0.2, 0.25) is 5.91 Å². The zero-order chi connectivity index (χ0) is 21.9. The number of rotatable bonds is 5. The predicted molar refractivity (Wildman–Crippen MR) is 132 cm³/mol. The van der Waals surface area contributed by atoms with Gasteiger partial charge in [-0.15, -0.1) is 0 Å². The van der Waals surface area contributed by atoms with Crippen molar-refractivity contribution in [2.24, 2.45) is 5.92 Å². The average Bonchev–Trinajstić information content (AvgIpc) is 3.28. The van der Waals surface area contributed by atoms with Crippen molar-refractivity contribution < 1.29 is 9.53 Å². The highest BCUT2D eigenvalue weighted by atomic mass is 32.1. The number of amides is 1. The summed E-state index contributed by atoms with van der Waals surface area (Å²) in [7, 11) is 1.67. The van der Waals surface area contributed by atoms with Crippen molar-refractivity contribution in [1.29, 1.82) is 0 Å². The number of benzene rings is 3. The summed E-state index contributed by atoms with van der Waals surface area (Å²) in [6, 6.07) is 24.1. The van der Waals surface area contributed by atoms with Crippen LogP contribution in [-0.2, 0) is 4.79 Å². The molecule has 3 aromatic carbocycles. The molecule has 1 aliphatic heterocycles. The minimum absolute atomic E-state index is 0.0702. The molecule has 4 aromatic rings. The van der Waals surface area contributed by atoms with Crippen LogP contribution < -0.4 is 15.0 Å². The number of nitrogens with one attached hydrogen (secondary N) is 1. The van der Waals surface area contributed by atoms with Gasteiger partial charge >= 0.3 is 0 Å². The number of thiazole rings is 1. The second-order valence-electron chi connectivity index (χ2n) is 8.02. The molecule has 0 spiro atoms. The van der Waals surface area contributed by atoms with Crippen LogP contribution in [0, 0.1) is 5.92 Å².